The molecule has 24 heavy (non-hydrogen) atoms. The lowest BCUT2D eigenvalue weighted by atomic mass is 10.0. The van der Waals surface area contributed by atoms with Gasteiger partial charge in [-0.25, -0.2) is 9.97 Å². The van der Waals surface area contributed by atoms with E-state index in [0.717, 1.165) is 5.69 Å². The van der Waals surface area contributed by atoms with E-state index in [4.69, 9.17) is 11.5 Å². The lowest BCUT2D eigenvalue weighted by molar-refractivity contribution is -0.119. The highest BCUT2D eigenvalue weighted by Gasteiger charge is 2.21. The van der Waals surface area contributed by atoms with Gasteiger partial charge in [-0.3, -0.25) is 9.59 Å². The van der Waals surface area contributed by atoms with Gasteiger partial charge in [0.25, 0.3) is 5.91 Å². The van der Waals surface area contributed by atoms with Crippen LogP contribution in [0.5, 0.6) is 0 Å². The quantitative estimate of drug-likeness (QED) is 0.582. The molecule has 2 aromatic heterocycles. The van der Waals surface area contributed by atoms with Crippen LogP contribution >= 0.6 is 11.5 Å². The molecule has 2 aromatic rings. The van der Waals surface area contributed by atoms with Crippen molar-refractivity contribution in [1.29, 1.82) is 0 Å². The summed E-state index contributed by atoms with van der Waals surface area (Å²) in [7, 11) is 0. The molecular formula is C14H19N7O2S. The summed E-state index contributed by atoms with van der Waals surface area (Å²) in [6, 6.07) is 1.19. The van der Waals surface area contributed by atoms with Gasteiger partial charge in [0.05, 0.1) is 11.9 Å². The second-order valence-corrected chi connectivity index (χ2v) is 6.35. The molecule has 0 saturated carbocycles. The summed E-state index contributed by atoms with van der Waals surface area (Å²) in [6.45, 7) is 5.56. The summed E-state index contributed by atoms with van der Waals surface area (Å²) >= 11 is 1.22. The second-order valence-electron chi connectivity index (χ2n) is 5.54. The Bertz CT molecular complexity index is 759. The molecule has 0 aliphatic rings. The van der Waals surface area contributed by atoms with E-state index in [-0.39, 0.29) is 17.4 Å². The molecule has 2 amide bonds. The van der Waals surface area contributed by atoms with E-state index >= 15 is 0 Å². The van der Waals surface area contributed by atoms with Crippen LogP contribution < -0.4 is 22.1 Å². The molecule has 0 aliphatic carbocycles. The lowest BCUT2D eigenvalue weighted by Crippen LogP contribution is -2.39. The van der Waals surface area contributed by atoms with Crippen molar-refractivity contribution in [1.82, 2.24) is 14.3 Å². The van der Waals surface area contributed by atoms with E-state index in [1.807, 2.05) is 20.8 Å². The molecule has 0 bridgehead atoms. The van der Waals surface area contributed by atoms with Crippen molar-refractivity contribution in [2.75, 3.05) is 10.6 Å². The van der Waals surface area contributed by atoms with Crippen LogP contribution in [0.3, 0.4) is 0 Å². The maximum absolute atomic E-state index is 11.5. The zero-order chi connectivity index (χ0) is 17.9. The minimum absolute atomic E-state index is 0.00762. The molecule has 10 heteroatoms. The topological polar surface area (TPSA) is 149 Å². The van der Waals surface area contributed by atoms with E-state index in [1.54, 1.807) is 6.07 Å². The summed E-state index contributed by atoms with van der Waals surface area (Å²) in [5, 5.41) is 6.59. The maximum Gasteiger partial charge on any atom is 0.271 e. The van der Waals surface area contributed by atoms with Gasteiger partial charge in [-0.1, -0.05) is 13.8 Å². The SMILES string of the molecule is Cc1cc(Nc2nc(N[C@@H](C(N)=O)C(C)C)cnc2C(N)=O)sn1. The van der Waals surface area contributed by atoms with E-state index in [2.05, 4.69) is 25.0 Å². The van der Waals surface area contributed by atoms with Crippen LogP contribution in [-0.2, 0) is 4.79 Å². The molecule has 0 spiro atoms. The smallest absolute Gasteiger partial charge is 0.271 e. The average Bonchev–Trinajstić information content (AvgIpc) is 2.89. The number of primary amides is 2. The molecule has 0 saturated heterocycles. The Morgan fingerprint density at radius 3 is 2.50 bits per heavy atom. The number of amides is 2. The van der Waals surface area contributed by atoms with Gasteiger partial charge in [-0.15, -0.1) is 0 Å². The van der Waals surface area contributed by atoms with Crippen molar-refractivity contribution in [3.8, 4) is 0 Å². The van der Waals surface area contributed by atoms with Crippen LogP contribution in [0.4, 0.5) is 16.6 Å². The standard InChI is InChI=1S/C14H19N7O2S/c1-6(2)10(12(15)22)18-8-5-17-11(13(16)23)14(19-8)20-9-4-7(3)21-24-9/h4-6,10H,1-3H3,(H2,15,22)(H2,16,23)(H2,18,19,20)/t10-/m1/s1. The number of nitrogens with one attached hydrogen (secondary N) is 2. The van der Waals surface area contributed by atoms with Crippen LogP contribution in [0.15, 0.2) is 12.3 Å². The number of nitrogens with zero attached hydrogens (tertiary/aromatic N) is 3. The Hall–Kier alpha value is -2.75. The summed E-state index contributed by atoms with van der Waals surface area (Å²) in [5.74, 6) is -0.767. The fraction of sp³-hybridized carbons (Fsp3) is 0.357. The zero-order valence-electron chi connectivity index (χ0n) is 13.5. The molecule has 0 aromatic carbocycles. The minimum atomic E-state index is -0.715. The Balaban J connectivity index is 2.33. The second kappa shape index (κ2) is 7.21. The van der Waals surface area contributed by atoms with Gasteiger partial charge >= 0.3 is 0 Å². The molecule has 9 nitrogen and oxygen atoms in total. The van der Waals surface area contributed by atoms with Gasteiger partial charge in [-0.2, -0.15) is 4.37 Å². The van der Waals surface area contributed by atoms with Gasteiger partial charge < -0.3 is 22.1 Å². The first kappa shape index (κ1) is 17.6. The number of anilines is 3. The van der Waals surface area contributed by atoms with Crippen LogP contribution in [0, 0.1) is 12.8 Å². The summed E-state index contributed by atoms with van der Waals surface area (Å²) in [6.07, 6.45) is 1.33. The number of hydrogen-bond acceptors (Lipinski definition) is 8. The van der Waals surface area contributed by atoms with Crippen molar-refractivity contribution < 1.29 is 9.59 Å². The molecule has 2 rings (SSSR count). The Kier molecular flexibility index (Phi) is 5.29. The van der Waals surface area contributed by atoms with Crippen LogP contribution in [0.2, 0.25) is 0 Å². The molecule has 0 radical (unpaired) electrons. The number of aryl methyl sites for hydroxylation is 1. The summed E-state index contributed by atoms with van der Waals surface area (Å²) < 4.78 is 4.14. The molecule has 0 unspecified atom stereocenters. The maximum atomic E-state index is 11.5. The van der Waals surface area contributed by atoms with Gasteiger partial charge in [0.2, 0.25) is 5.91 Å². The van der Waals surface area contributed by atoms with Gasteiger partial charge in [0, 0.05) is 0 Å². The third-order valence-corrected chi connectivity index (χ3v) is 3.95. The summed E-state index contributed by atoms with van der Waals surface area (Å²) in [4.78, 5) is 31.4. The van der Waals surface area contributed by atoms with Gasteiger partial charge in [0.1, 0.15) is 16.9 Å². The van der Waals surface area contributed by atoms with Gasteiger partial charge in [-0.05, 0) is 30.4 Å². The molecule has 1 atom stereocenters. The van der Waals surface area contributed by atoms with Crippen molar-refractivity contribution in [3.05, 3.63) is 23.7 Å². The average molecular weight is 349 g/mol. The monoisotopic (exact) mass is 349 g/mol. The molecule has 0 fully saturated rings. The van der Waals surface area contributed by atoms with E-state index in [9.17, 15) is 9.59 Å². The summed E-state index contributed by atoms with van der Waals surface area (Å²) in [5.41, 5.74) is 11.5. The number of aromatic nitrogens is 3. The Labute approximate surface area is 143 Å². The fourth-order valence-corrected chi connectivity index (χ4v) is 2.65. The Morgan fingerprint density at radius 2 is 2.00 bits per heavy atom. The third-order valence-electron chi connectivity index (χ3n) is 3.15. The van der Waals surface area contributed by atoms with Crippen LogP contribution in [0.1, 0.15) is 30.0 Å². The predicted octanol–water partition coefficient (Wildman–Crippen LogP) is 1.01. The van der Waals surface area contributed by atoms with Crippen LogP contribution in [0.25, 0.3) is 0 Å². The lowest BCUT2D eigenvalue weighted by Gasteiger charge is -2.20. The Morgan fingerprint density at radius 1 is 1.29 bits per heavy atom. The molecule has 128 valence electrons. The number of hydrogen-bond donors (Lipinski definition) is 4. The van der Waals surface area contributed by atoms with Crippen molar-refractivity contribution in [3.63, 3.8) is 0 Å². The number of nitrogens with two attached hydrogens (primary N) is 2. The zero-order valence-corrected chi connectivity index (χ0v) is 14.3. The van der Waals surface area contributed by atoms with Crippen LogP contribution in [-0.4, -0.2) is 32.2 Å². The number of carbonyl (C=O) groups is 2. The van der Waals surface area contributed by atoms with Crippen molar-refractivity contribution in [2.45, 2.75) is 26.8 Å². The fourth-order valence-electron chi connectivity index (χ4n) is 1.99. The van der Waals surface area contributed by atoms with E-state index in [0.29, 0.717) is 10.8 Å². The third kappa shape index (κ3) is 4.16. The van der Waals surface area contributed by atoms with Gasteiger partial charge in [0.15, 0.2) is 11.5 Å². The van der Waals surface area contributed by atoms with E-state index < -0.39 is 17.9 Å². The van der Waals surface area contributed by atoms with Crippen molar-refractivity contribution in [2.24, 2.45) is 17.4 Å². The highest BCUT2D eigenvalue weighted by molar-refractivity contribution is 7.10. The van der Waals surface area contributed by atoms with E-state index in [1.165, 1.54) is 17.7 Å². The first-order chi connectivity index (χ1) is 11.3. The number of rotatable bonds is 7. The predicted molar refractivity (Wildman–Crippen MR) is 92.1 cm³/mol. The first-order valence-electron chi connectivity index (χ1n) is 7.21. The van der Waals surface area contributed by atoms with Crippen molar-refractivity contribution >= 4 is 40.0 Å². The highest BCUT2D eigenvalue weighted by atomic mass is 32.1. The molecule has 0 aliphatic heterocycles. The molecule has 2 heterocycles. The normalized spacial score (nSPS) is 12.0. The largest absolute Gasteiger partial charge is 0.368 e. The first-order valence-corrected chi connectivity index (χ1v) is 7.98. The molecular weight excluding hydrogens is 330 g/mol. The minimum Gasteiger partial charge on any atom is -0.368 e. The number of carbonyl (C=O) groups excluding carboxylic acids is 2. The molecule has 6 N–H and O–H groups in total. The highest BCUT2D eigenvalue weighted by Crippen LogP contribution is 2.23.